The van der Waals surface area contributed by atoms with Gasteiger partial charge in [-0.1, -0.05) is 11.6 Å². The molecule has 1 aromatic rings. The monoisotopic (exact) mass is 423 g/mol. The van der Waals surface area contributed by atoms with Crippen molar-refractivity contribution in [2.75, 3.05) is 33.4 Å². The van der Waals surface area contributed by atoms with Crippen molar-refractivity contribution in [3.05, 3.63) is 22.2 Å². The highest BCUT2D eigenvalue weighted by atomic mass is 35.5. The van der Waals surface area contributed by atoms with Crippen molar-refractivity contribution in [3.63, 3.8) is 0 Å². The SMILES string of the molecule is COc1cc2c(c(Cl)c1OCCOC1CC1)CCN1CC(OC(C)(C)C)CCC21. The van der Waals surface area contributed by atoms with Gasteiger partial charge in [-0.05, 0) is 70.1 Å². The van der Waals surface area contributed by atoms with E-state index in [0.717, 1.165) is 38.1 Å². The van der Waals surface area contributed by atoms with Crippen LogP contribution in [0.1, 0.15) is 63.6 Å². The van der Waals surface area contributed by atoms with Crippen LogP contribution in [0.3, 0.4) is 0 Å². The van der Waals surface area contributed by atoms with E-state index in [2.05, 4.69) is 31.7 Å². The number of nitrogens with zero attached hydrogens (tertiary/aromatic N) is 1. The predicted octanol–water partition coefficient (Wildman–Crippen LogP) is 4.78. The molecule has 2 fully saturated rings. The van der Waals surface area contributed by atoms with Crippen LogP contribution in [-0.2, 0) is 15.9 Å². The number of benzene rings is 1. The third-order valence-corrected chi connectivity index (χ3v) is 6.32. The Labute approximate surface area is 179 Å². The fraction of sp³-hybridized carbons (Fsp3) is 0.739. The lowest BCUT2D eigenvalue weighted by Gasteiger charge is -2.45. The van der Waals surface area contributed by atoms with Gasteiger partial charge in [0.15, 0.2) is 11.5 Å². The molecular weight excluding hydrogens is 390 g/mol. The molecule has 29 heavy (non-hydrogen) atoms. The molecule has 0 aromatic heterocycles. The molecule has 5 nitrogen and oxygen atoms in total. The highest BCUT2D eigenvalue weighted by molar-refractivity contribution is 6.33. The van der Waals surface area contributed by atoms with Crippen molar-refractivity contribution in [1.29, 1.82) is 0 Å². The molecule has 2 unspecified atom stereocenters. The van der Waals surface area contributed by atoms with E-state index in [-0.39, 0.29) is 5.60 Å². The summed E-state index contributed by atoms with van der Waals surface area (Å²) < 4.78 is 23.6. The molecule has 4 rings (SSSR count). The van der Waals surface area contributed by atoms with E-state index < -0.39 is 0 Å². The van der Waals surface area contributed by atoms with E-state index in [1.54, 1.807) is 7.11 Å². The Morgan fingerprint density at radius 3 is 2.55 bits per heavy atom. The Morgan fingerprint density at radius 2 is 1.86 bits per heavy atom. The summed E-state index contributed by atoms with van der Waals surface area (Å²) in [6, 6.07) is 2.51. The first-order valence-electron chi connectivity index (χ1n) is 10.9. The molecule has 1 saturated carbocycles. The molecule has 1 aromatic carbocycles. The number of ether oxygens (including phenoxy) is 4. The van der Waals surface area contributed by atoms with Crippen molar-refractivity contribution >= 4 is 11.6 Å². The maximum atomic E-state index is 6.82. The van der Waals surface area contributed by atoms with Gasteiger partial charge in [0.1, 0.15) is 6.61 Å². The van der Waals surface area contributed by atoms with Crippen LogP contribution in [0.5, 0.6) is 11.5 Å². The molecular formula is C23H34ClNO4. The summed E-state index contributed by atoms with van der Waals surface area (Å²) >= 11 is 6.82. The zero-order valence-corrected chi connectivity index (χ0v) is 18.9. The van der Waals surface area contributed by atoms with E-state index in [9.17, 15) is 0 Å². The third-order valence-electron chi connectivity index (χ3n) is 5.92. The number of halogens is 1. The van der Waals surface area contributed by atoms with Gasteiger partial charge < -0.3 is 18.9 Å². The second kappa shape index (κ2) is 8.62. The fourth-order valence-electron chi connectivity index (χ4n) is 4.55. The third kappa shape index (κ3) is 5.01. The lowest BCUT2D eigenvalue weighted by atomic mass is 9.85. The summed E-state index contributed by atoms with van der Waals surface area (Å²) in [5, 5.41) is 0.707. The van der Waals surface area contributed by atoms with Crippen LogP contribution in [0.15, 0.2) is 6.07 Å². The number of hydrogen-bond acceptors (Lipinski definition) is 5. The lowest BCUT2D eigenvalue weighted by Crippen LogP contribution is -2.47. The van der Waals surface area contributed by atoms with Crippen LogP contribution in [-0.4, -0.2) is 56.1 Å². The van der Waals surface area contributed by atoms with Crippen LogP contribution in [0.4, 0.5) is 0 Å². The molecule has 0 N–H and O–H groups in total. The van der Waals surface area contributed by atoms with Gasteiger partial charge in [0.05, 0.1) is 36.5 Å². The smallest absolute Gasteiger partial charge is 0.180 e. The summed E-state index contributed by atoms with van der Waals surface area (Å²) in [6.07, 6.45) is 6.12. The zero-order chi connectivity index (χ0) is 20.6. The maximum Gasteiger partial charge on any atom is 0.180 e. The minimum absolute atomic E-state index is 0.104. The van der Waals surface area contributed by atoms with Gasteiger partial charge in [-0.2, -0.15) is 0 Å². The van der Waals surface area contributed by atoms with Crippen LogP contribution in [0, 0.1) is 0 Å². The van der Waals surface area contributed by atoms with Gasteiger partial charge in [0.25, 0.3) is 0 Å². The van der Waals surface area contributed by atoms with Crippen molar-refractivity contribution in [2.45, 2.75) is 76.7 Å². The topological polar surface area (TPSA) is 40.2 Å². The number of rotatable bonds is 7. The lowest BCUT2D eigenvalue weighted by molar-refractivity contribution is -0.0971. The van der Waals surface area contributed by atoms with E-state index >= 15 is 0 Å². The molecule has 2 heterocycles. The molecule has 6 heteroatoms. The van der Waals surface area contributed by atoms with Crippen LogP contribution in [0.2, 0.25) is 5.02 Å². The number of piperidine rings is 1. The van der Waals surface area contributed by atoms with E-state index in [1.807, 2.05) is 0 Å². The normalized spacial score (nSPS) is 24.7. The molecule has 0 radical (unpaired) electrons. The average Bonchev–Trinajstić information content (AvgIpc) is 3.49. The molecule has 2 atom stereocenters. The second-order valence-electron chi connectivity index (χ2n) is 9.40. The molecule has 1 aliphatic carbocycles. The van der Waals surface area contributed by atoms with Gasteiger partial charge in [-0.25, -0.2) is 0 Å². The summed E-state index contributed by atoms with van der Waals surface area (Å²) in [6.45, 7) is 9.45. The van der Waals surface area contributed by atoms with Crippen molar-refractivity contribution in [1.82, 2.24) is 4.90 Å². The highest BCUT2D eigenvalue weighted by Gasteiger charge is 2.37. The Hall–Kier alpha value is -1.01. The van der Waals surface area contributed by atoms with Gasteiger partial charge in [0.2, 0.25) is 0 Å². The molecule has 0 bridgehead atoms. The minimum atomic E-state index is -0.104. The average molecular weight is 424 g/mol. The number of methoxy groups -OCH3 is 1. The van der Waals surface area contributed by atoms with Gasteiger partial charge in [-0.3, -0.25) is 4.90 Å². The van der Waals surface area contributed by atoms with E-state index in [4.69, 9.17) is 30.5 Å². The fourth-order valence-corrected chi connectivity index (χ4v) is 4.91. The Bertz CT molecular complexity index is 729. The summed E-state index contributed by atoms with van der Waals surface area (Å²) in [5.41, 5.74) is 2.39. The van der Waals surface area contributed by atoms with Crippen LogP contribution < -0.4 is 9.47 Å². The van der Waals surface area contributed by atoms with Gasteiger partial charge >= 0.3 is 0 Å². The molecule has 162 valence electrons. The zero-order valence-electron chi connectivity index (χ0n) is 18.1. The van der Waals surface area contributed by atoms with Crippen LogP contribution >= 0.6 is 11.6 Å². The molecule has 1 saturated heterocycles. The van der Waals surface area contributed by atoms with Gasteiger partial charge in [-0.15, -0.1) is 0 Å². The van der Waals surface area contributed by atoms with Crippen LogP contribution in [0.25, 0.3) is 0 Å². The number of fused-ring (bicyclic) bond motifs is 3. The molecule has 0 amide bonds. The highest BCUT2D eigenvalue weighted by Crippen LogP contribution is 2.47. The Morgan fingerprint density at radius 1 is 1.10 bits per heavy atom. The van der Waals surface area contributed by atoms with Crippen molar-refractivity contribution < 1.29 is 18.9 Å². The summed E-state index contributed by atoms with van der Waals surface area (Å²) in [5.74, 6) is 1.38. The first-order valence-corrected chi connectivity index (χ1v) is 11.3. The Kier molecular flexibility index (Phi) is 6.31. The summed E-state index contributed by atoms with van der Waals surface area (Å²) in [4.78, 5) is 2.54. The molecule has 0 spiro atoms. The quantitative estimate of drug-likeness (QED) is 0.590. The first-order chi connectivity index (χ1) is 13.9. The number of hydrogen-bond donors (Lipinski definition) is 0. The van der Waals surface area contributed by atoms with Gasteiger partial charge in [0, 0.05) is 19.1 Å². The molecule has 3 aliphatic rings. The van der Waals surface area contributed by atoms with E-state index in [1.165, 1.54) is 24.0 Å². The predicted molar refractivity (Wildman–Crippen MR) is 114 cm³/mol. The maximum absolute atomic E-state index is 6.82. The Balaban J connectivity index is 1.48. The first kappa shape index (κ1) is 21.2. The van der Waals surface area contributed by atoms with Crippen molar-refractivity contribution in [3.8, 4) is 11.5 Å². The second-order valence-corrected chi connectivity index (χ2v) is 9.78. The minimum Gasteiger partial charge on any atom is -0.493 e. The largest absolute Gasteiger partial charge is 0.493 e. The standard InChI is InChI=1S/C23H34ClNO4/c1-23(2,3)29-16-7-8-19-18-13-20(26-4)22(28-12-11-27-15-5-6-15)21(24)17(18)9-10-25(19)14-16/h13,15-16,19H,5-12,14H2,1-4H3. The van der Waals surface area contributed by atoms with E-state index in [0.29, 0.717) is 42.2 Å². The summed E-state index contributed by atoms with van der Waals surface area (Å²) in [7, 11) is 1.68. The molecule has 2 aliphatic heterocycles. The van der Waals surface area contributed by atoms with Crippen molar-refractivity contribution in [2.24, 2.45) is 0 Å².